The monoisotopic (exact) mass is 217 g/mol. The summed E-state index contributed by atoms with van der Waals surface area (Å²) in [5.74, 6) is 0. The second kappa shape index (κ2) is 5.48. The second-order valence-corrected chi connectivity index (χ2v) is 3.53. The molecule has 0 bridgehead atoms. The lowest BCUT2D eigenvalue weighted by molar-refractivity contribution is 0.221. The van der Waals surface area contributed by atoms with Crippen LogP contribution < -0.4 is 0 Å². The fraction of sp³-hybridized carbons (Fsp3) is 0.300. The van der Waals surface area contributed by atoms with Crippen LogP contribution in [-0.4, -0.2) is 13.7 Å². The first-order chi connectivity index (χ1) is 6.24. The van der Waals surface area contributed by atoms with Gasteiger partial charge >= 0.3 is 0 Å². The predicted molar refractivity (Wildman–Crippen MR) is 56.3 cm³/mol. The van der Waals surface area contributed by atoms with Crippen LogP contribution in [0.1, 0.15) is 5.56 Å². The summed E-state index contributed by atoms with van der Waals surface area (Å²) in [6.45, 7) is 0.638. The number of hydrogen-bond acceptors (Lipinski definition) is 1. The Morgan fingerprint density at radius 1 is 1.38 bits per heavy atom. The fourth-order valence-electron chi connectivity index (χ4n) is 1.02. The van der Waals surface area contributed by atoms with Gasteiger partial charge in [-0.25, -0.2) is 0 Å². The van der Waals surface area contributed by atoms with Crippen molar-refractivity contribution in [3.8, 4) is 0 Å². The molecule has 71 valence electrons. The van der Waals surface area contributed by atoms with E-state index < -0.39 is 0 Å². The number of benzene rings is 1. The molecule has 0 saturated carbocycles. The Labute approximate surface area is 88.6 Å². The van der Waals surface area contributed by atoms with Crippen LogP contribution in [0.15, 0.2) is 18.2 Å². The molecule has 1 aromatic rings. The third-order valence-electron chi connectivity index (χ3n) is 1.66. The molecule has 0 unspecified atom stereocenters. The quantitative estimate of drug-likeness (QED) is 0.704. The first-order valence-electron chi connectivity index (χ1n) is 3.98. The zero-order valence-electron chi connectivity index (χ0n) is 7.39. The van der Waals surface area contributed by atoms with E-state index in [9.17, 15) is 0 Å². The third kappa shape index (κ3) is 3.55. The van der Waals surface area contributed by atoms with Crippen molar-refractivity contribution in [2.45, 2.75) is 6.42 Å². The molecule has 0 fully saturated rings. The van der Waals surface area contributed by atoms with Crippen molar-refractivity contribution in [1.82, 2.24) is 0 Å². The summed E-state index contributed by atoms with van der Waals surface area (Å²) in [5, 5.41) is 1.38. The minimum absolute atomic E-state index is 0.638. The highest BCUT2D eigenvalue weighted by molar-refractivity contribution is 6.35. The summed E-state index contributed by atoms with van der Waals surface area (Å²) in [6, 6.07) is 5.51. The molecule has 0 aliphatic rings. The van der Waals surface area contributed by atoms with E-state index in [1.165, 1.54) is 0 Å². The molecule has 0 atom stereocenters. The van der Waals surface area contributed by atoms with Gasteiger partial charge in [-0.1, -0.05) is 29.3 Å². The van der Waals surface area contributed by atoms with E-state index in [4.69, 9.17) is 27.9 Å². The lowest BCUT2D eigenvalue weighted by Crippen LogP contribution is -1.94. The highest BCUT2D eigenvalue weighted by Crippen LogP contribution is 2.21. The summed E-state index contributed by atoms with van der Waals surface area (Å²) in [4.78, 5) is 0. The second-order valence-electron chi connectivity index (χ2n) is 2.68. The van der Waals surface area contributed by atoms with Crippen LogP contribution in [0.25, 0.3) is 0 Å². The standard InChI is InChI=1S/C10H11Cl2O/c1-13-6-2-3-8-4-5-9(11)7-10(8)12/h2,4-5,7H,3,6H2,1H3. The Bertz CT molecular complexity index is 274. The van der Waals surface area contributed by atoms with Crippen molar-refractivity contribution in [2.24, 2.45) is 0 Å². The minimum atomic E-state index is 0.638. The molecule has 0 aromatic heterocycles. The van der Waals surface area contributed by atoms with E-state index in [2.05, 4.69) is 0 Å². The lowest BCUT2D eigenvalue weighted by atomic mass is 10.1. The van der Waals surface area contributed by atoms with E-state index in [0.29, 0.717) is 16.7 Å². The van der Waals surface area contributed by atoms with Crippen molar-refractivity contribution in [3.63, 3.8) is 0 Å². The van der Waals surface area contributed by atoms with E-state index in [-0.39, 0.29) is 0 Å². The molecule has 0 spiro atoms. The topological polar surface area (TPSA) is 9.23 Å². The zero-order valence-corrected chi connectivity index (χ0v) is 8.90. The molecule has 3 heteroatoms. The summed E-state index contributed by atoms with van der Waals surface area (Å²) >= 11 is 11.7. The number of halogens is 2. The van der Waals surface area contributed by atoms with Crippen LogP contribution in [0.3, 0.4) is 0 Å². The number of methoxy groups -OCH3 is 1. The van der Waals surface area contributed by atoms with Crippen LogP contribution in [0.4, 0.5) is 0 Å². The maximum absolute atomic E-state index is 5.96. The zero-order chi connectivity index (χ0) is 9.68. The molecule has 0 heterocycles. The van der Waals surface area contributed by atoms with Crippen molar-refractivity contribution in [3.05, 3.63) is 40.2 Å². The molecule has 13 heavy (non-hydrogen) atoms. The summed E-state index contributed by atoms with van der Waals surface area (Å²) in [7, 11) is 1.67. The predicted octanol–water partition coefficient (Wildman–Crippen LogP) is 3.39. The van der Waals surface area contributed by atoms with Gasteiger partial charge in [0, 0.05) is 23.8 Å². The van der Waals surface area contributed by atoms with Gasteiger partial charge in [-0.2, -0.15) is 0 Å². The van der Waals surface area contributed by atoms with Gasteiger partial charge in [0.2, 0.25) is 0 Å². The summed E-state index contributed by atoms with van der Waals surface area (Å²) in [5.41, 5.74) is 1.07. The van der Waals surface area contributed by atoms with Crippen molar-refractivity contribution in [1.29, 1.82) is 0 Å². The average Bonchev–Trinajstić information content (AvgIpc) is 2.09. The Balaban J connectivity index is 2.56. The van der Waals surface area contributed by atoms with Crippen molar-refractivity contribution >= 4 is 23.2 Å². The average molecular weight is 218 g/mol. The van der Waals surface area contributed by atoms with Crippen molar-refractivity contribution < 1.29 is 4.74 Å². The van der Waals surface area contributed by atoms with Gasteiger partial charge < -0.3 is 4.74 Å². The molecule has 0 aliphatic heterocycles. The first kappa shape index (κ1) is 10.8. The van der Waals surface area contributed by atoms with Gasteiger partial charge in [0.1, 0.15) is 0 Å². The maximum Gasteiger partial charge on any atom is 0.0497 e. The largest absolute Gasteiger partial charge is 0.384 e. The molecule has 0 amide bonds. The van der Waals surface area contributed by atoms with Crippen LogP contribution in [-0.2, 0) is 11.2 Å². The molecular formula is C10H11Cl2O. The van der Waals surface area contributed by atoms with Crippen LogP contribution in [0, 0.1) is 6.42 Å². The summed E-state index contributed by atoms with van der Waals surface area (Å²) < 4.78 is 4.90. The Morgan fingerprint density at radius 2 is 2.15 bits per heavy atom. The molecule has 1 rings (SSSR count). The first-order valence-corrected chi connectivity index (χ1v) is 4.74. The van der Waals surface area contributed by atoms with Gasteiger partial charge in [0.15, 0.2) is 0 Å². The Morgan fingerprint density at radius 3 is 2.77 bits per heavy atom. The van der Waals surface area contributed by atoms with Crippen LogP contribution in [0.2, 0.25) is 10.0 Å². The molecular weight excluding hydrogens is 207 g/mol. The normalized spacial score (nSPS) is 10.4. The fourth-order valence-corrected chi connectivity index (χ4v) is 1.51. The van der Waals surface area contributed by atoms with Gasteiger partial charge in [-0.05, 0) is 30.5 Å². The smallest absolute Gasteiger partial charge is 0.0497 e. The molecule has 1 nitrogen and oxygen atoms in total. The molecule has 0 aliphatic carbocycles. The van der Waals surface area contributed by atoms with E-state index in [0.717, 1.165) is 12.0 Å². The Kier molecular flexibility index (Phi) is 4.57. The van der Waals surface area contributed by atoms with E-state index >= 15 is 0 Å². The SMILES string of the molecule is COC[CH]Cc1ccc(Cl)cc1Cl. The van der Waals surface area contributed by atoms with E-state index in [1.807, 2.05) is 18.6 Å². The molecule has 0 N–H and O–H groups in total. The van der Waals surface area contributed by atoms with Gasteiger partial charge in [-0.15, -0.1) is 0 Å². The minimum Gasteiger partial charge on any atom is -0.384 e. The molecule has 0 saturated heterocycles. The number of ether oxygens (including phenoxy) is 1. The third-order valence-corrected chi connectivity index (χ3v) is 2.25. The molecule has 1 radical (unpaired) electrons. The highest BCUT2D eigenvalue weighted by atomic mass is 35.5. The van der Waals surface area contributed by atoms with Crippen molar-refractivity contribution in [2.75, 3.05) is 13.7 Å². The van der Waals surface area contributed by atoms with Gasteiger partial charge in [-0.3, -0.25) is 0 Å². The van der Waals surface area contributed by atoms with E-state index in [1.54, 1.807) is 13.2 Å². The Hall–Kier alpha value is -0.240. The van der Waals surface area contributed by atoms with Gasteiger partial charge in [0.05, 0.1) is 0 Å². The highest BCUT2D eigenvalue weighted by Gasteiger charge is 2.00. The molecule has 1 aromatic carbocycles. The van der Waals surface area contributed by atoms with Crippen LogP contribution in [0.5, 0.6) is 0 Å². The lowest BCUT2D eigenvalue weighted by Gasteiger charge is -2.03. The number of rotatable bonds is 4. The maximum atomic E-state index is 5.96. The van der Waals surface area contributed by atoms with Crippen LogP contribution >= 0.6 is 23.2 Å². The van der Waals surface area contributed by atoms with Gasteiger partial charge in [0.25, 0.3) is 0 Å². The summed E-state index contributed by atoms with van der Waals surface area (Å²) in [6.07, 6.45) is 2.83. The number of hydrogen-bond donors (Lipinski definition) is 0.